The molecule has 0 radical (unpaired) electrons. The van der Waals surface area contributed by atoms with Crippen LogP contribution >= 0.6 is 0 Å². The minimum Gasteiger partial charge on any atom is -0.350 e. The molecule has 7 heteroatoms. The van der Waals surface area contributed by atoms with Crippen molar-refractivity contribution in [3.63, 3.8) is 0 Å². The first-order chi connectivity index (χ1) is 9.27. The third kappa shape index (κ3) is 3.09. The molecule has 110 valence electrons. The van der Waals surface area contributed by atoms with Crippen molar-refractivity contribution in [1.82, 2.24) is 20.4 Å². The Bertz CT molecular complexity index is 567. The van der Waals surface area contributed by atoms with Gasteiger partial charge in [0.2, 0.25) is 11.8 Å². The molecule has 7 nitrogen and oxygen atoms in total. The van der Waals surface area contributed by atoms with Gasteiger partial charge in [0, 0.05) is 24.6 Å². The van der Waals surface area contributed by atoms with Crippen molar-refractivity contribution in [1.29, 1.82) is 0 Å². The predicted octanol–water partition coefficient (Wildman–Crippen LogP) is -0.0338. The summed E-state index contributed by atoms with van der Waals surface area (Å²) in [5.41, 5.74) is 0.113. The molecule has 1 unspecified atom stereocenters. The van der Waals surface area contributed by atoms with E-state index in [2.05, 4.69) is 15.5 Å². The second-order valence-electron chi connectivity index (χ2n) is 6.08. The highest BCUT2D eigenvalue weighted by molar-refractivity contribution is 5.89. The quantitative estimate of drug-likeness (QED) is 0.725. The van der Waals surface area contributed by atoms with Gasteiger partial charge in [0.05, 0.1) is 18.2 Å². The number of aromatic nitrogens is 2. The molecule has 0 bridgehead atoms. The van der Waals surface area contributed by atoms with Crippen LogP contribution in [0.25, 0.3) is 0 Å². The van der Waals surface area contributed by atoms with Crippen molar-refractivity contribution < 1.29 is 9.59 Å². The fourth-order valence-electron chi connectivity index (χ4n) is 2.33. The van der Waals surface area contributed by atoms with Gasteiger partial charge in [-0.15, -0.1) is 0 Å². The van der Waals surface area contributed by atoms with Gasteiger partial charge in [0.25, 0.3) is 5.56 Å². The molecule has 1 saturated heterocycles. The Kier molecular flexibility index (Phi) is 3.69. The van der Waals surface area contributed by atoms with Crippen molar-refractivity contribution >= 4 is 11.8 Å². The van der Waals surface area contributed by atoms with Gasteiger partial charge in [-0.05, 0) is 20.8 Å². The molecule has 1 fully saturated rings. The molecule has 3 N–H and O–H groups in total. The van der Waals surface area contributed by atoms with E-state index in [0.717, 1.165) is 0 Å². The lowest BCUT2D eigenvalue weighted by Crippen LogP contribution is -2.43. The van der Waals surface area contributed by atoms with E-state index in [1.807, 2.05) is 20.8 Å². The van der Waals surface area contributed by atoms with E-state index in [1.54, 1.807) is 4.90 Å². The lowest BCUT2D eigenvalue weighted by atomic mass is 10.1. The molecule has 0 aromatic carbocycles. The summed E-state index contributed by atoms with van der Waals surface area (Å²) in [5.74, 6) is -0.479. The van der Waals surface area contributed by atoms with Crippen molar-refractivity contribution in [3.8, 4) is 0 Å². The van der Waals surface area contributed by atoms with Gasteiger partial charge < -0.3 is 15.3 Å². The molecular weight excluding hydrogens is 260 g/mol. The topological polar surface area (TPSA) is 98.1 Å². The lowest BCUT2D eigenvalue weighted by molar-refractivity contribution is -0.132. The van der Waals surface area contributed by atoms with E-state index < -0.39 is 0 Å². The summed E-state index contributed by atoms with van der Waals surface area (Å²) in [6, 6.07) is 1.39. The van der Waals surface area contributed by atoms with E-state index in [0.29, 0.717) is 12.2 Å². The van der Waals surface area contributed by atoms with E-state index in [4.69, 9.17) is 0 Å². The average molecular weight is 280 g/mol. The maximum Gasteiger partial charge on any atom is 0.264 e. The van der Waals surface area contributed by atoms with Crippen LogP contribution in [0.1, 0.15) is 32.9 Å². The number of H-pyrrole nitrogens is 2. The molecule has 2 rings (SSSR count). The van der Waals surface area contributed by atoms with Gasteiger partial charge in [-0.1, -0.05) is 0 Å². The van der Waals surface area contributed by atoms with Crippen molar-refractivity contribution in [3.05, 3.63) is 22.1 Å². The largest absolute Gasteiger partial charge is 0.350 e. The zero-order chi connectivity index (χ0) is 14.9. The highest BCUT2D eigenvalue weighted by Crippen LogP contribution is 2.25. The average Bonchev–Trinajstić information content (AvgIpc) is 2.91. The maximum absolute atomic E-state index is 12.1. The van der Waals surface area contributed by atoms with Crippen LogP contribution in [0.5, 0.6) is 0 Å². The molecule has 0 aliphatic carbocycles. The lowest BCUT2D eigenvalue weighted by Gasteiger charge is -2.31. The molecule has 2 amide bonds. The number of hydrogen-bond donors (Lipinski definition) is 3. The summed E-state index contributed by atoms with van der Waals surface area (Å²) in [7, 11) is 0. The molecule has 1 aliphatic heterocycles. The summed E-state index contributed by atoms with van der Waals surface area (Å²) in [6.07, 6.45) is 0.243. The number of aromatic amines is 2. The standard InChI is InChI=1S/C13H20N4O3/c1-13(2,3)17-7-8(4-11(17)19)12(20)14-6-9-5-10(18)16-15-9/h5,8H,4,6-7H2,1-3H3,(H,14,20)(H2,15,16,18). The molecule has 20 heavy (non-hydrogen) atoms. The summed E-state index contributed by atoms with van der Waals surface area (Å²) >= 11 is 0. The number of likely N-dealkylation sites (tertiary alicyclic amines) is 1. The van der Waals surface area contributed by atoms with Gasteiger partial charge in [0.15, 0.2) is 0 Å². The molecule has 2 heterocycles. The second-order valence-corrected chi connectivity index (χ2v) is 6.08. The molecule has 0 spiro atoms. The fourth-order valence-corrected chi connectivity index (χ4v) is 2.33. The molecule has 0 saturated carbocycles. The van der Waals surface area contributed by atoms with Crippen LogP contribution < -0.4 is 10.9 Å². The third-order valence-corrected chi connectivity index (χ3v) is 3.41. The zero-order valence-corrected chi connectivity index (χ0v) is 11.9. The fraction of sp³-hybridized carbons (Fsp3) is 0.615. The molecule has 1 aromatic rings. The smallest absolute Gasteiger partial charge is 0.264 e. The zero-order valence-electron chi connectivity index (χ0n) is 11.9. The number of nitrogens with zero attached hydrogens (tertiary/aromatic N) is 1. The third-order valence-electron chi connectivity index (χ3n) is 3.41. The van der Waals surface area contributed by atoms with Crippen molar-refractivity contribution in [2.24, 2.45) is 5.92 Å². The van der Waals surface area contributed by atoms with Gasteiger partial charge in [-0.3, -0.25) is 19.5 Å². The normalized spacial score (nSPS) is 19.4. The monoisotopic (exact) mass is 280 g/mol. The number of carbonyl (C=O) groups is 2. The highest BCUT2D eigenvalue weighted by atomic mass is 16.2. The van der Waals surface area contributed by atoms with Gasteiger partial charge >= 0.3 is 0 Å². The number of nitrogens with one attached hydrogen (secondary N) is 3. The van der Waals surface area contributed by atoms with Crippen LogP contribution in [-0.4, -0.2) is 39.0 Å². The van der Waals surface area contributed by atoms with Gasteiger partial charge in [0.1, 0.15) is 0 Å². The van der Waals surface area contributed by atoms with E-state index in [-0.39, 0.29) is 41.8 Å². The van der Waals surface area contributed by atoms with Gasteiger partial charge in [-0.2, -0.15) is 0 Å². The first-order valence-electron chi connectivity index (χ1n) is 6.62. The van der Waals surface area contributed by atoms with Crippen LogP contribution in [0.4, 0.5) is 0 Å². The minimum atomic E-state index is -0.326. The summed E-state index contributed by atoms with van der Waals surface area (Å²) in [4.78, 5) is 36.6. The number of amides is 2. The van der Waals surface area contributed by atoms with Gasteiger partial charge in [-0.25, -0.2) is 0 Å². The second kappa shape index (κ2) is 5.15. The Balaban J connectivity index is 1.91. The Morgan fingerprint density at radius 2 is 2.10 bits per heavy atom. The summed E-state index contributed by atoms with van der Waals surface area (Å²) in [6.45, 7) is 6.55. The Labute approximate surface area is 116 Å². The van der Waals surface area contributed by atoms with Crippen molar-refractivity contribution in [2.75, 3.05) is 6.54 Å². The Morgan fingerprint density at radius 3 is 2.60 bits per heavy atom. The summed E-state index contributed by atoms with van der Waals surface area (Å²) in [5, 5.41) is 7.80. The maximum atomic E-state index is 12.1. The minimum absolute atomic E-state index is 0.00713. The molecule has 1 aromatic heterocycles. The first-order valence-corrected chi connectivity index (χ1v) is 6.62. The van der Waals surface area contributed by atoms with Crippen LogP contribution in [0.2, 0.25) is 0 Å². The number of rotatable bonds is 3. The van der Waals surface area contributed by atoms with Crippen LogP contribution in [0.3, 0.4) is 0 Å². The Morgan fingerprint density at radius 1 is 1.40 bits per heavy atom. The molecule has 1 aliphatic rings. The number of hydrogen-bond acceptors (Lipinski definition) is 3. The molecular formula is C13H20N4O3. The Hall–Kier alpha value is -2.05. The first kappa shape index (κ1) is 14.4. The van der Waals surface area contributed by atoms with Crippen LogP contribution in [0, 0.1) is 5.92 Å². The van der Waals surface area contributed by atoms with E-state index >= 15 is 0 Å². The predicted molar refractivity (Wildman–Crippen MR) is 72.8 cm³/mol. The van der Waals surface area contributed by atoms with E-state index in [1.165, 1.54) is 6.07 Å². The molecule has 1 atom stereocenters. The van der Waals surface area contributed by atoms with Crippen LogP contribution in [0.15, 0.2) is 10.9 Å². The summed E-state index contributed by atoms with van der Waals surface area (Å²) < 4.78 is 0. The van der Waals surface area contributed by atoms with E-state index in [9.17, 15) is 14.4 Å². The number of carbonyl (C=O) groups excluding carboxylic acids is 2. The highest BCUT2D eigenvalue weighted by Gasteiger charge is 2.39. The van der Waals surface area contributed by atoms with Crippen molar-refractivity contribution in [2.45, 2.75) is 39.3 Å². The van der Waals surface area contributed by atoms with Crippen LogP contribution in [-0.2, 0) is 16.1 Å². The SMILES string of the molecule is CC(C)(C)N1CC(C(=O)NCc2cc(=O)[nH][nH]2)CC1=O.